The second kappa shape index (κ2) is 4.42. The maximum atomic E-state index is 10.9. The van der Waals surface area contributed by atoms with E-state index in [2.05, 4.69) is 4.98 Å². The maximum absolute atomic E-state index is 10.9. The van der Waals surface area contributed by atoms with Gasteiger partial charge in [-0.1, -0.05) is 0 Å². The first-order chi connectivity index (χ1) is 7.70. The van der Waals surface area contributed by atoms with Crippen LogP contribution in [0, 0.1) is 0 Å². The lowest BCUT2D eigenvalue weighted by Crippen LogP contribution is -2.04. The minimum atomic E-state index is -1.02. The molecule has 1 unspecified atom stereocenters. The molecule has 2 rings (SSSR count). The van der Waals surface area contributed by atoms with Crippen LogP contribution >= 0.6 is 11.3 Å². The Morgan fingerprint density at radius 3 is 2.62 bits per heavy atom. The largest absolute Gasteiger partial charge is 0.478 e. The fraction of sp³-hybridized carbons (Fsp3) is 0.0909. The van der Waals surface area contributed by atoms with Gasteiger partial charge in [0.15, 0.2) is 0 Å². The Hall–Kier alpha value is -1.72. The SMILES string of the molecule is O=C(O)c1ccsc1C(O)c1ccncc1. The summed E-state index contributed by atoms with van der Waals surface area (Å²) in [5, 5.41) is 20.6. The predicted octanol–water partition coefficient (Wildman–Crippen LogP) is 1.92. The zero-order valence-corrected chi connectivity index (χ0v) is 9.02. The molecule has 2 N–H and O–H groups in total. The van der Waals surface area contributed by atoms with E-state index in [-0.39, 0.29) is 5.56 Å². The number of pyridine rings is 1. The van der Waals surface area contributed by atoms with E-state index in [1.807, 2.05) is 0 Å². The van der Waals surface area contributed by atoms with Crippen LogP contribution in [0.15, 0.2) is 36.0 Å². The Labute approximate surface area is 95.8 Å². The van der Waals surface area contributed by atoms with Crippen LogP contribution in [0.5, 0.6) is 0 Å². The fourth-order valence-electron chi connectivity index (χ4n) is 1.41. The first-order valence-corrected chi connectivity index (χ1v) is 5.47. The number of aliphatic hydroxyl groups is 1. The first-order valence-electron chi connectivity index (χ1n) is 4.59. The number of rotatable bonds is 3. The van der Waals surface area contributed by atoms with Crippen molar-refractivity contribution >= 4 is 17.3 Å². The molecular weight excluding hydrogens is 226 g/mol. The van der Waals surface area contributed by atoms with Crippen LogP contribution in [0.4, 0.5) is 0 Å². The van der Waals surface area contributed by atoms with Gasteiger partial charge in [0.2, 0.25) is 0 Å². The van der Waals surface area contributed by atoms with Crippen molar-refractivity contribution in [2.45, 2.75) is 6.10 Å². The summed E-state index contributed by atoms with van der Waals surface area (Å²) in [6.07, 6.45) is 2.22. The standard InChI is InChI=1S/C11H9NO3S/c13-9(7-1-4-12-5-2-7)10-8(11(14)15)3-6-16-10/h1-6,9,13H,(H,14,15). The summed E-state index contributed by atoms with van der Waals surface area (Å²) in [6.45, 7) is 0. The number of carbonyl (C=O) groups is 1. The van der Waals surface area contributed by atoms with Crippen molar-refractivity contribution in [1.29, 1.82) is 0 Å². The molecule has 0 saturated heterocycles. The molecule has 0 spiro atoms. The summed E-state index contributed by atoms with van der Waals surface area (Å²) in [7, 11) is 0. The number of carboxylic acids is 1. The lowest BCUT2D eigenvalue weighted by molar-refractivity contribution is 0.0692. The molecule has 5 heteroatoms. The van der Waals surface area contributed by atoms with Gasteiger partial charge in [-0.25, -0.2) is 4.79 Å². The van der Waals surface area contributed by atoms with Crippen LogP contribution in [0.2, 0.25) is 0 Å². The van der Waals surface area contributed by atoms with E-state index in [9.17, 15) is 9.90 Å². The summed E-state index contributed by atoms with van der Waals surface area (Å²) < 4.78 is 0. The van der Waals surface area contributed by atoms with E-state index in [0.29, 0.717) is 10.4 Å². The summed E-state index contributed by atoms with van der Waals surface area (Å²) in [5.41, 5.74) is 0.786. The Kier molecular flexibility index (Phi) is 2.98. The van der Waals surface area contributed by atoms with Gasteiger partial charge in [0.05, 0.1) is 10.4 Å². The molecule has 0 aliphatic heterocycles. The van der Waals surface area contributed by atoms with Crippen molar-refractivity contribution in [3.8, 4) is 0 Å². The van der Waals surface area contributed by atoms with Gasteiger partial charge < -0.3 is 10.2 Å². The predicted molar refractivity (Wildman–Crippen MR) is 59.6 cm³/mol. The first kappa shape index (κ1) is 10.8. The molecule has 2 aromatic rings. The van der Waals surface area contributed by atoms with E-state index >= 15 is 0 Å². The summed E-state index contributed by atoms with van der Waals surface area (Å²) in [6, 6.07) is 4.82. The zero-order valence-electron chi connectivity index (χ0n) is 8.20. The van der Waals surface area contributed by atoms with Crippen LogP contribution in [0.25, 0.3) is 0 Å². The number of aromatic nitrogens is 1. The summed E-state index contributed by atoms with van der Waals surface area (Å²) in [5.74, 6) is -1.02. The van der Waals surface area contributed by atoms with Crippen LogP contribution < -0.4 is 0 Å². The van der Waals surface area contributed by atoms with E-state index in [0.717, 1.165) is 0 Å². The fourth-order valence-corrected chi connectivity index (χ4v) is 2.30. The normalized spacial score (nSPS) is 12.3. The molecular formula is C11H9NO3S. The number of hydrogen-bond acceptors (Lipinski definition) is 4. The second-order valence-corrected chi connectivity index (χ2v) is 4.13. The van der Waals surface area contributed by atoms with Gasteiger partial charge >= 0.3 is 5.97 Å². The number of aliphatic hydroxyl groups excluding tert-OH is 1. The molecule has 4 nitrogen and oxygen atoms in total. The average Bonchev–Trinajstić information content (AvgIpc) is 2.78. The molecule has 0 aromatic carbocycles. The molecule has 0 fully saturated rings. The van der Waals surface area contributed by atoms with Crippen LogP contribution in [-0.2, 0) is 0 Å². The van der Waals surface area contributed by atoms with E-state index in [1.54, 1.807) is 29.9 Å². The van der Waals surface area contributed by atoms with Crippen LogP contribution in [0.3, 0.4) is 0 Å². The topological polar surface area (TPSA) is 70.4 Å². The number of aromatic carboxylic acids is 1. The lowest BCUT2D eigenvalue weighted by atomic mass is 10.1. The molecule has 16 heavy (non-hydrogen) atoms. The van der Waals surface area contributed by atoms with E-state index in [1.165, 1.54) is 17.4 Å². The van der Waals surface area contributed by atoms with Gasteiger partial charge in [0.25, 0.3) is 0 Å². The summed E-state index contributed by atoms with van der Waals surface area (Å²) in [4.78, 5) is 15.2. The minimum absolute atomic E-state index is 0.148. The smallest absolute Gasteiger partial charge is 0.336 e. The molecule has 2 aromatic heterocycles. The highest BCUT2D eigenvalue weighted by molar-refractivity contribution is 7.10. The van der Waals surface area contributed by atoms with Gasteiger partial charge in [-0.15, -0.1) is 11.3 Å². The van der Waals surface area contributed by atoms with E-state index in [4.69, 9.17) is 5.11 Å². The van der Waals surface area contributed by atoms with Gasteiger partial charge in [0, 0.05) is 12.4 Å². The number of thiophene rings is 1. The third kappa shape index (κ3) is 1.95. The molecule has 0 saturated carbocycles. The Morgan fingerprint density at radius 1 is 1.31 bits per heavy atom. The molecule has 0 aliphatic carbocycles. The molecule has 2 heterocycles. The number of hydrogen-bond donors (Lipinski definition) is 2. The van der Waals surface area contributed by atoms with Crippen molar-refractivity contribution in [1.82, 2.24) is 4.98 Å². The molecule has 0 radical (unpaired) electrons. The number of carboxylic acid groups (broad SMARTS) is 1. The quantitative estimate of drug-likeness (QED) is 0.852. The van der Waals surface area contributed by atoms with Gasteiger partial charge in [-0.2, -0.15) is 0 Å². The Bertz CT molecular complexity index is 495. The van der Waals surface area contributed by atoms with E-state index < -0.39 is 12.1 Å². The highest BCUT2D eigenvalue weighted by Gasteiger charge is 2.19. The maximum Gasteiger partial charge on any atom is 0.336 e. The molecule has 82 valence electrons. The van der Waals surface area contributed by atoms with Gasteiger partial charge in [-0.3, -0.25) is 4.98 Å². The van der Waals surface area contributed by atoms with Crippen LogP contribution in [-0.4, -0.2) is 21.2 Å². The molecule has 1 atom stereocenters. The van der Waals surface area contributed by atoms with Crippen LogP contribution in [0.1, 0.15) is 26.9 Å². The van der Waals surface area contributed by atoms with Crippen molar-refractivity contribution in [3.63, 3.8) is 0 Å². The third-order valence-electron chi connectivity index (χ3n) is 2.20. The van der Waals surface area contributed by atoms with Gasteiger partial charge in [-0.05, 0) is 29.1 Å². The Balaban J connectivity index is 2.38. The van der Waals surface area contributed by atoms with Gasteiger partial charge in [0.1, 0.15) is 6.10 Å². The minimum Gasteiger partial charge on any atom is -0.478 e. The Morgan fingerprint density at radius 2 is 2.00 bits per heavy atom. The molecule has 0 bridgehead atoms. The van der Waals surface area contributed by atoms with Crippen molar-refractivity contribution in [2.24, 2.45) is 0 Å². The highest BCUT2D eigenvalue weighted by Crippen LogP contribution is 2.29. The zero-order chi connectivity index (χ0) is 11.5. The van der Waals surface area contributed by atoms with Crippen molar-refractivity contribution in [3.05, 3.63) is 52.0 Å². The highest BCUT2D eigenvalue weighted by atomic mass is 32.1. The average molecular weight is 235 g/mol. The second-order valence-electron chi connectivity index (χ2n) is 3.19. The summed E-state index contributed by atoms with van der Waals surface area (Å²) >= 11 is 1.23. The van der Waals surface area contributed by atoms with Crippen molar-refractivity contribution < 1.29 is 15.0 Å². The lowest BCUT2D eigenvalue weighted by Gasteiger charge is -2.09. The third-order valence-corrected chi connectivity index (χ3v) is 3.17. The monoisotopic (exact) mass is 235 g/mol. The van der Waals surface area contributed by atoms with Crippen molar-refractivity contribution in [2.75, 3.05) is 0 Å². The number of nitrogens with zero attached hydrogens (tertiary/aromatic N) is 1. The molecule has 0 amide bonds. The molecule has 0 aliphatic rings.